The van der Waals surface area contributed by atoms with E-state index >= 15 is 0 Å². The summed E-state index contributed by atoms with van der Waals surface area (Å²) in [7, 11) is 0. The molecule has 0 aromatic carbocycles. The molecule has 6 heteroatoms. The van der Waals surface area contributed by atoms with Gasteiger partial charge in [-0.1, -0.05) is 18.9 Å². The third-order valence-corrected chi connectivity index (χ3v) is 3.92. The number of halogens is 1. The Morgan fingerprint density at radius 3 is 2.78 bits per heavy atom. The third kappa shape index (κ3) is 2.95. The monoisotopic (exact) mass is 273 g/mol. The van der Waals surface area contributed by atoms with Crippen LogP contribution in [0.25, 0.3) is 0 Å². The van der Waals surface area contributed by atoms with Crippen LogP contribution in [-0.2, 0) is 10.6 Å². The van der Waals surface area contributed by atoms with Crippen molar-refractivity contribution in [3.63, 3.8) is 0 Å². The van der Waals surface area contributed by atoms with Gasteiger partial charge in [-0.3, -0.25) is 0 Å². The number of aromatic nitrogens is 2. The van der Waals surface area contributed by atoms with Crippen LogP contribution in [0, 0.1) is 0 Å². The molecule has 0 bridgehead atoms. The molecule has 5 nitrogen and oxygen atoms in total. The first-order chi connectivity index (χ1) is 8.71. The van der Waals surface area contributed by atoms with Gasteiger partial charge in [-0.25, -0.2) is 0 Å². The summed E-state index contributed by atoms with van der Waals surface area (Å²) in [5.41, 5.74) is -0.00868. The van der Waals surface area contributed by atoms with Gasteiger partial charge in [0.2, 0.25) is 5.89 Å². The predicted molar refractivity (Wildman–Crippen MR) is 69.8 cm³/mol. The minimum atomic E-state index is -0.00868. The number of alkyl halides is 1. The van der Waals surface area contributed by atoms with Gasteiger partial charge in [-0.05, 0) is 25.7 Å². The van der Waals surface area contributed by atoms with Gasteiger partial charge in [-0.15, -0.1) is 16.7 Å². The van der Waals surface area contributed by atoms with Crippen LogP contribution in [0.3, 0.4) is 0 Å². The number of nitrogens with one attached hydrogen (secondary N) is 1. The van der Waals surface area contributed by atoms with Crippen molar-refractivity contribution in [3.05, 3.63) is 5.89 Å². The molecule has 1 aromatic heterocycles. The summed E-state index contributed by atoms with van der Waals surface area (Å²) in [5, 5.41) is 11.0. The van der Waals surface area contributed by atoms with E-state index in [4.69, 9.17) is 20.8 Å². The maximum absolute atomic E-state index is 5.93. The van der Waals surface area contributed by atoms with Gasteiger partial charge in [-0.2, -0.15) is 0 Å². The Kier molecular flexibility index (Phi) is 4.45. The molecular formula is C12H20ClN3O2. The Morgan fingerprint density at radius 2 is 2.17 bits per heavy atom. The zero-order chi connectivity index (χ0) is 13.0. The van der Waals surface area contributed by atoms with Gasteiger partial charge in [0.15, 0.2) is 0 Å². The number of anilines is 1. The number of hydrogen-bond acceptors (Lipinski definition) is 5. The summed E-state index contributed by atoms with van der Waals surface area (Å²) in [4.78, 5) is 0. The molecule has 1 unspecified atom stereocenters. The topological polar surface area (TPSA) is 60.2 Å². The number of ether oxygens (including phenoxy) is 1. The second-order valence-electron chi connectivity index (χ2n) is 4.71. The summed E-state index contributed by atoms with van der Waals surface area (Å²) in [6.07, 6.45) is 3.98. The van der Waals surface area contributed by atoms with Crippen LogP contribution < -0.4 is 5.32 Å². The fourth-order valence-corrected chi connectivity index (χ4v) is 2.54. The van der Waals surface area contributed by atoms with Crippen molar-refractivity contribution in [2.75, 3.05) is 11.9 Å². The van der Waals surface area contributed by atoms with Crippen LogP contribution in [0.2, 0.25) is 0 Å². The lowest BCUT2D eigenvalue weighted by atomic mass is 9.86. The van der Waals surface area contributed by atoms with Crippen LogP contribution in [-0.4, -0.2) is 28.4 Å². The lowest BCUT2D eigenvalue weighted by molar-refractivity contribution is -0.0866. The highest BCUT2D eigenvalue weighted by Gasteiger charge is 2.34. The van der Waals surface area contributed by atoms with Gasteiger partial charge in [0.25, 0.3) is 0 Å². The molecule has 1 fully saturated rings. The van der Waals surface area contributed by atoms with Crippen molar-refractivity contribution in [1.29, 1.82) is 0 Å². The lowest BCUT2D eigenvalue weighted by Crippen LogP contribution is -2.43. The first kappa shape index (κ1) is 13.6. The van der Waals surface area contributed by atoms with Crippen molar-refractivity contribution in [3.8, 4) is 0 Å². The quantitative estimate of drug-likeness (QED) is 0.836. The zero-order valence-electron chi connectivity index (χ0n) is 10.9. The molecular weight excluding hydrogens is 254 g/mol. The van der Waals surface area contributed by atoms with E-state index in [-0.39, 0.29) is 11.5 Å². The van der Waals surface area contributed by atoms with Crippen LogP contribution >= 0.6 is 11.6 Å². The van der Waals surface area contributed by atoms with Crippen LogP contribution in [0.1, 0.15) is 45.4 Å². The predicted octanol–water partition coefficient (Wildman–Crippen LogP) is 2.96. The maximum Gasteiger partial charge on any atom is 0.315 e. The molecule has 0 spiro atoms. The Bertz CT molecular complexity index is 379. The molecule has 18 heavy (non-hydrogen) atoms. The largest absolute Gasteiger partial charge is 0.407 e. The molecule has 2 rings (SSSR count). The van der Waals surface area contributed by atoms with Gasteiger partial charge < -0.3 is 14.5 Å². The van der Waals surface area contributed by atoms with E-state index in [1.807, 2.05) is 0 Å². The summed E-state index contributed by atoms with van der Waals surface area (Å²) in [6.45, 7) is 5.12. The summed E-state index contributed by atoms with van der Waals surface area (Å²) in [5.74, 6) is 0.694. The van der Waals surface area contributed by atoms with Gasteiger partial charge in [0.1, 0.15) is 5.88 Å². The molecule has 0 amide bonds. The molecule has 102 valence electrons. The van der Waals surface area contributed by atoms with E-state index in [1.54, 1.807) is 0 Å². The Morgan fingerprint density at radius 1 is 1.39 bits per heavy atom. The van der Waals surface area contributed by atoms with E-state index in [0.717, 1.165) is 32.3 Å². The zero-order valence-corrected chi connectivity index (χ0v) is 11.7. The highest BCUT2D eigenvalue weighted by Crippen LogP contribution is 2.32. The van der Waals surface area contributed by atoms with E-state index in [1.165, 1.54) is 0 Å². The highest BCUT2D eigenvalue weighted by atomic mass is 35.5. The SMILES string of the molecule is CCC1(CC)CC(Nc2nnc(CCl)o2)CCO1. The molecule has 1 N–H and O–H groups in total. The number of nitrogens with zero attached hydrogens (tertiary/aromatic N) is 2. The molecule has 0 aliphatic carbocycles. The minimum Gasteiger partial charge on any atom is -0.407 e. The maximum atomic E-state index is 5.93. The van der Waals surface area contributed by atoms with Gasteiger partial charge in [0.05, 0.1) is 5.60 Å². The van der Waals surface area contributed by atoms with E-state index < -0.39 is 0 Å². The van der Waals surface area contributed by atoms with Crippen LogP contribution in [0.15, 0.2) is 4.42 Å². The highest BCUT2D eigenvalue weighted by molar-refractivity contribution is 6.16. The summed E-state index contributed by atoms with van der Waals surface area (Å²) in [6, 6.07) is 0.779. The number of rotatable bonds is 5. The first-order valence-corrected chi connectivity index (χ1v) is 7.03. The van der Waals surface area contributed by atoms with Crippen LogP contribution in [0.5, 0.6) is 0 Å². The third-order valence-electron chi connectivity index (χ3n) is 3.69. The van der Waals surface area contributed by atoms with Crippen molar-refractivity contribution in [1.82, 2.24) is 10.2 Å². The smallest absolute Gasteiger partial charge is 0.315 e. The van der Waals surface area contributed by atoms with Crippen molar-refractivity contribution in [2.45, 2.75) is 57.1 Å². The minimum absolute atomic E-state index is 0.00868. The summed E-state index contributed by atoms with van der Waals surface area (Å²) >= 11 is 5.63. The average Bonchev–Trinajstić information content (AvgIpc) is 2.86. The fraction of sp³-hybridized carbons (Fsp3) is 0.833. The first-order valence-electron chi connectivity index (χ1n) is 6.50. The van der Waals surface area contributed by atoms with E-state index in [2.05, 4.69) is 29.4 Å². The average molecular weight is 274 g/mol. The molecule has 0 saturated carbocycles. The molecule has 1 atom stereocenters. The molecule has 1 aliphatic rings. The van der Waals surface area contributed by atoms with Gasteiger partial charge >= 0.3 is 6.01 Å². The summed E-state index contributed by atoms with van der Waals surface area (Å²) < 4.78 is 11.3. The molecule has 2 heterocycles. The second-order valence-corrected chi connectivity index (χ2v) is 4.97. The van der Waals surface area contributed by atoms with Crippen molar-refractivity contribution >= 4 is 17.6 Å². The fourth-order valence-electron chi connectivity index (χ4n) is 2.43. The van der Waals surface area contributed by atoms with Crippen molar-refractivity contribution < 1.29 is 9.15 Å². The van der Waals surface area contributed by atoms with E-state index in [0.29, 0.717) is 17.9 Å². The lowest BCUT2D eigenvalue weighted by Gasteiger charge is -2.39. The Labute approximate surface area is 112 Å². The second kappa shape index (κ2) is 5.89. The standard InChI is InChI=1S/C12H20ClN3O2/c1-3-12(4-2)7-9(5-6-17-12)14-11-16-15-10(8-13)18-11/h9H,3-8H2,1-2H3,(H,14,16). The van der Waals surface area contributed by atoms with Crippen LogP contribution in [0.4, 0.5) is 6.01 Å². The van der Waals surface area contributed by atoms with E-state index in [9.17, 15) is 0 Å². The normalized spacial score (nSPS) is 22.9. The van der Waals surface area contributed by atoms with Gasteiger partial charge in [0, 0.05) is 12.6 Å². The Hall–Kier alpha value is -0.810. The molecule has 0 radical (unpaired) electrons. The number of hydrogen-bond donors (Lipinski definition) is 1. The Balaban J connectivity index is 1.97. The van der Waals surface area contributed by atoms with Crippen molar-refractivity contribution in [2.24, 2.45) is 0 Å². The molecule has 1 aliphatic heterocycles. The molecule has 1 aromatic rings. The molecule has 1 saturated heterocycles.